The van der Waals surface area contributed by atoms with Gasteiger partial charge in [-0.3, -0.25) is 0 Å². The van der Waals surface area contributed by atoms with E-state index < -0.39 is 0 Å². The van der Waals surface area contributed by atoms with Crippen LogP contribution in [0.5, 0.6) is 0 Å². The lowest BCUT2D eigenvalue weighted by atomic mass is 10.1. The van der Waals surface area contributed by atoms with Crippen LogP contribution < -0.4 is 5.32 Å². The summed E-state index contributed by atoms with van der Waals surface area (Å²) in [5, 5.41) is 12.7. The smallest absolute Gasteiger partial charge is 0.0584 e. The Morgan fingerprint density at radius 1 is 1.12 bits per heavy atom. The molecule has 1 aromatic carbocycles. The fourth-order valence-corrected chi connectivity index (χ4v) is 1.93. The quantitative estimate of drug-likeness (QED) is 0.645. The molecule has 2 nitrogen and oxygen atoms in total. The molecule has 0 spiro atoms. The van der Waals surface area contributed by atoms with E-state index in [4.69, 9.17) is 0 Å². The van der Waals surface area contributed by atoms with Gasteiger partial charge in [-0.15, -0.1) is 0 Å². The third-order valence-electron chi connectivity index (χ3n) is 3.06. The molecule has 0 saturated heterocycles. The average molecular weight is 235 g/mol. The normalized spacial score (nSPS) is 12.6. The van der Waals surface area contributed by atoms with Crippen molar-refractivity contribution in [3.05, 3.63) is 35.9 Å². The summed E-state index contributed by atoms with van der Waals surface area (Å²) >= 11 is 0. The van der Waals surface area contributed by atoms with Gasteiger partial charge in [0.1, 0.15) is 0 Å². The second kappa shape index (κ2) is 9.20. The van der Waals surface area contributed by atoms with E-state index in [0.29, 0.717) is 0 Å². The molecule has 0 saturated carbocycles. The zero-order chi connectivity index (χ0) is 12.3. The molecular weight excluding hydrogens is 210 g/mol. The average Bonchev–Trinajstić information content (AvgIpc) is 2.39. The highest BCUT2D eigenvalue weighted by Gasteiger charge is 2.05. The molecule has 1 aromatic rings. The van der Waals surface area contributed by atoms with Crippen LogP contribution in [-0.4, -0.2) is 17.8 Å². The summed E-state index contributed by atoms with van der Waals surface area (Å²) in [7, 11) is 0. The van der Waals surface area contributed by atoms with Crippen LogP contribution in [0.3, 0.4) is 0 Å². The molecule has 2 N–H and O–H groups in total. The van der Waals surface area contributed by atoms with Crippen LogP contribution in [0.15, 0.2) is 30.3 Å². The summed E-state index contributed by atoms with van der Waals surface area (Å²) in [6.45, 7) is 3.30. The SMILES string of the molecule is CCCCCC[C@@H](CO)NCc1ccccc1. The van der Waals surface area contributed by atoms with Crippen LogP contribution in [0.1, 0.15) is 44.6 Å². The lowest BCUT2D eigenvalue weighted by Gasteiger charge is -2.16. The van der Waals surface area contributed by atoms with Gasteiger partial charge in [-0.1, -0.05) is 62.9 Å². The van der Waals surface area contributed by atoms with Crippen LogP contribution in [0.4, 0.5) is 0 Å². The molecule has 0 amide bonds. The van der Waals surface area contributed by atoms with Crippen molar-refractivity contribution < 1.29 is 5.11 Å². The lowest BCUT2D eigenvalue weighted by Crippen LogP contribution is -2.31. The molecule has 0 aliphatic carbocycles. The van der Waals surface area contributed by atoms with Crippen molar-refractivity contribution >= 4 is 0 Å². The first-order chi connectivity index (χ1) is 8.36. The number of nitrogens with one attached hydrogen (secondary N) is 1. The standard InChI is InChI=1S/C15H25NO/c1-2-3-4-8-11-15(13-17)16-12-14-9-6-5-7-10-14/h5-7,9-10,15-17H,2-4,8,11-13H2,1H3/t15-/m0/s1. The molecule has 0 radical (unpaired) electrons. The first-order valence-electron chi connectivity index (χ1n) is 6.75. The van der Waals surface area contributed by atoms with E-state index in [0.717, 1.165) is 13.0 Å². The maximum atomic E-state index is 9.30. The van der Waals surface area contributed by atoms with E-state index in [1.54, 1.807) is 0 Å². The van der Waals surface area contributed by atoms with Gasteiger partial charge in [0.2, 0.25) is 0 Å². The van der Waals surface area contributed by atoms with Crippen molar-refractivity contribution in [2.24, 2.45) is 0 Å². The number of benzene rings is 1. The van der Waals surface area contributed by atoms with Crippen molar-refractivity contribution in [3.63, 3.8) is 0 Å². The van der Waals surface area contributed by atoms with E-state index in [2.05, 4.69) is 24.4 Å². The van der Waals surface area contributed by atoms with Gasteiger partial charge in [-0.05, 0) is 12.0 Å². The minimum absolute atomic E-state index is 0.235. The number of rotatable bonds is 9. The largest absolute Gasteiger partial charge is 0.395 e. The van der Waals surface area contributed by atoms with Crippen LogP contribution >= 0.6 is 0 Å². The monoisotopic (exact) mass is 235 g/mol. The molecule has 1 atom stereocenters. The number of hydrogen-bond acceptors (Lipinski definition) is 2. The van der Waals surface area contributed by atoms with Crippen LogP contribution in [0.25, 0.3) is 0 Å². The number of aliphatic hydroxyl groups excluding tert-OH is 1. The van der Waals surface area contributed by atoms with E-state index in [-0.39, 0.29) is 12.6 Å². The molecule has 0 bridgehead atoms. The summed E-state index contributed by atoms with van der Waals surface area (Å²) in [6, 6.07) is 10.6. The Labute approximate surface area is 105 Å². The van der Waals surface area contributed by atoms with Crippen LogP contribution in [0, 0.1) is 0 Å². The molecule has 17 heavy (non-hydrogen) atoms. The fraction of sp³-hybridized carbons (Fsp3) is 0.600. The first kappa shape index (κ1) is 14.2. The molecule has 0 unspecified atom stereocenters. The van der Waals surface area contributed by atoms with E-state index in [1.807, 2.05) is 18.2 Å². The molecule has 0 fully saturated rings. The summed E-state index contributed by atoms with van der Waals surface area (Å²) in [5.74, 6) is 0. The predicted octanol–water partition coefficient (Wildman–Crippen LogP) is 3.11. The predicted molar refractivity (Wildman–Crippen MR) is 72.9 cm³/mol. The number of aliphatic hydroxyl groups is 1. The molecule has 96 valence electrons. The Kier molecular flexibility index (Phi) is 7.69. The molecule has 0 aromatic heterocycles. The Hall–Kier alpha value is -0.860. The number of unbranched alkanes of at least 4 members (excludes halogenated alkanes) is 3. The molecule has 0 aliphatic heterocycles. The Morgan fingerprint density at radius 2 is 1.88 bits per heavy atom. The summed E-state index contributed by atoms with van der Waals surface area (Å²) in [5.41, 5.74) is 1.28. The van der Waals surface area contributed by atoms with Gasteiger partial charge >= 0.3 is 0 Å². The van der Waals surface area contributed by atoms with Crippen molar-refractivity contribution in [3.8, 4) is 0 Å². The molecule has 2 heteroatoms. The highest BCUT2D eigenvalue weighted by molar-refractivity contribution is 5.14. The van der Waals surface area contributed by atoms with E-state index in [1.165, 1.54) is 31.2 Å². The second-order valence-electron chi connectivity index (χ2n) is 4.60. The van der Waals surface area contributed by atoms with Crippen molar-refractivity contribution in [2.45, 2.75) is 51.6 Å². The third-order valence-corrected chi connectivity index (χ3v) is 3.06. The van der Waals surface area contributed by atoms with Crippen molar-refractivity contribution in [1.29, 1.82) is 0 Å². The molecule has 0 aliphatic rings. The van der Waals surface area contributed by atoms with Crippen LogP contribution in [0.2, 0.25) is 0 Å². The minimum Gasteiger partial charge on any atom is -0.395 e. The molecule has 1 rings (SSSR count). The first-order valence-corrected chi connectivity index (χ1v) is 6.75. The zero-order valence-corrected chi connectivity index (χ0v) is 10.9. The summed E-state index contributed by atoms with van der Waals surface area (Å²) in [6.07, 6.45) is 6.13. The van der Waals surface area contributed by atoms with Crippen molar-refractivity contribution in [1.82, 2.24) is 5.32 Å². The summed E-state index contributed by atoms with van der Waals surface area (Å²) < 4.78 is 0. The van der Waals surface area contributed by atoms with Gasteiger partial charge in [-0.2, -0.15) is 0 Å². The second-order valence-corrected chi connectivity index (χ2v) is 4.60. The summed E-state index contributed by atoms with van der Waals surface area (Å²) in [4.78, 5) is 0. The highest BCUT2D eigenvalue weighted by Crippen LogP contribution is 2.06. The van der Waals surface area contributed by atoms with Crippen molar-refractivity contribution in [2.75, 3.05) is 6.61 Å². The minimum atomic E-state index is 0.235. The maximum absolute atomic E-state index is 9.30. The molecular formula is C15H25NO. The lowest BCUT2D eigenvalue weighted by molar-refractivity contribution is 0.232. The Balaban J connectivity index is 2.18. The van der Waals surface area contributed by atoms with E-state index in [9.17, 15) is 5.11 Å². The topological polar surface area (TPSA) is 32.3 Å². The number of hydrogen-bond donors (Lipinski definition) is 2. The van der Waals surface area contributed by atoms with E-state index >= 15 is 0 Å². The van der Waals surface area contributed by atoms with Gasteiger partial charge < -0.3 is 10.4 Å². The van der Waals surface area contributed by atoms with Crippen LogP contribution in [-0.2, 0) is 6.54 Å². The Morgan fingerprint density at radius 3 is 2.53 bits per heavy atom. The highest BCUT2D eigenvalue weighted by atomic mass is 16.3. The van der Waals surface area contributed by atoms with Gasteiger partial charge in [0, 0.05) is 12.6 Å². The fourth-order valence-electron chi connectivity index (χ4n) is 1.93. The molecule has 0 heterocycles. The van der Waals surface area contributed by atoms with Gasteiger partial charge in [0.05, 0.1) is 6.61 Å². The Bertz CT molecular complexity index is 274. The van der Waals surface area contributed by atoms with Gasteiger partial charge in [0.25, 0.3) is 0 Å². The zero-order valence-electron chi connectivity index (χ0n) is 10.9. The van der Waals surface area contributed by atoms with Gasteiger partial charge in [0.15, 0.2) is 0 Å². The van der Waals surface area contributed by atoms with Gasteiger partial charge in [-0.25, -0.2) is 0 Å². The maximum Gasteiger partial charge on any atom is 0.0584 e. The third kappa shape index (κ3) is 6.44.